The number of rotatable bonds is 6. The standard InChI is InChI=1S/C27H24IN3O4/c1-33-26-24(27(32)31-35-23-4-2-3-15-34-23)21-16-29-14-13-22(21)30-25(26)19-7-5-17(6-8-19)18-9-11-20(28)12-10-18/h5-14,16,23H,2-4,15H2,1H3,(H,31,32). The van der Waals surface area contributed by atoms with E-state index in [9.17, 15) is 4.79 Å². The third kappa shape index (κ3) is 5.14. The van der Waals surface area contributed by atoms with Crippen LogP contribution in [0.2, 0.25) is 0 Å². The van der Waals surface area contributed by atoms with Gasteiger partial charge in [0.15, 0.2) is 12.0 Å². The average Bonchev–Trinajstić information content (AvgIpc) is 2.91. The van der Waals surface area contributed by atoms with Gasteiger partial charge in [0.2, 0.25) is 0 Å². The van der Waals surface area contributed by atoms with Crippen molar-refractivity contribution in [3.05, 3.63) is 76.1 Å². The molecule has 0 aliphatic carbocycles. The van der Waals surface area contributed by atoms with E-state index in [-0.39, 0.29) is 0 Å². The molecule has 0 radical (unpaired) electrons. The van der Waals surface area contributed by atoms with Crippen molar-refractivity contribution in [3.8, 4) is 28.1 Å². The van der Waals surface area contributed by atoms with E-state index < -0.39 is 12.2 Å². The molecule has 1 aliphatic rings. The van der Waals surface area contributed by atoms with E-state index >= 15 is 0 Å². The fourth-order valence-corrected chi connectivity index (χ4v) is 4.51. The summed E-state index contributed by atoms with van der Waals surface area (Å²) in [4.78, 5) is 27.9. The average molecular weight is 581 g/mol. The molecule has 8 heteroatoms. The maximum absolute atomic E-state index is 13.3. The van der Waals surface area contributed by atoms with E-state index in [4.69, 9.17) is 19.3 Å². The van der Waals surface area contributed by atoms with E-state index in [1.807, 2.05) is 24.3 Å². The number of aromatic nitrogens is 2. The summed E-state index contributed by atoms with van der Waals surface area (Å²) in [5, 5.41) is 0.578. The Balaban J connectivity index is 1.52. The summed E-state index contributed by atoms with van der Waals surface area (Å²) < 4.78 is 12.5. The molecule has 1 unspecified atom stereocenters. The van der Waals surface area contributed by atoms with Gasteiger partial charge in [0, 0.05) is 39.9 Å². The van der Waals surface area contributed by atoms with E-state index in [1.165, 1.54) is 10.7 Å². The van der Waals surface area contributed by atoms with Crippen LogP contribution >= 0.6 is 22.6 Å². The second-order valence-electron chi connectivity index (χ2n) is 8.19. The molecule has 0 bridgehead atoms. The highest BCUT2D eigenvalue weighted by Crippen LogP contribution is 2.37. The van der Waals surface area contributed by atoms with Crippen LogP contribution in [0.5, 0.6) is 5.75 Å². The summed E-state index contributed by atoms with van der Waals surface area (Å²) in [6.07, 6.45) is 5.52. The number of carbonyl (C=O) groups is 1. The molecular formula is C27H24IN3O4. The van der Waals surface area contributed by atoms with E-state index in [2.05, 4.69) is 57.3 Å². The third-order valence-electron chi connectivity index (χ3n) is 5.93. The first-order valence-electron chi connectivity index (χ1n) is 11.4. The van der Waals surface area contributed by atoms with Crippen molar-refractivity contribution in [2.45, 2.75) is 25.6 Å². The second kappa shape index (κ2) is 10.7. The molecule has 1 aliphatic heterocycles. The fourth-order valence-electron chi connectivity index (χ4n) is 4.15. The SMILES string of the molecule is COc1c(-c2ccc(-c3ccc(I)cc3)cc2)nc2ccncc2c1C(=O)NOC1CCCCO1. The Morgan fingerprint density at radius 1 is 1.03 bits per heavy atom. The number of methoxy groups -OCH3 is 1. The number of benzene rings is 2. The van der Waals surface area contributed by atoms with Crippen LogP contribution in [0.4, 0.5) is 0 Å². The lowest BCUT2D eigenvalue weighted by atomic mass is 10.00. The number of hydroxylamine groups is 1. The van der Waals surface area contributed by atoms with E-state index in [0.717, 1.165) is 36.0 Å². The van der Waals surface area contributed by atoms with Gasteiger partial charge < -0.3 is 9.47 Å². The number of nitrogens with one attached hydrogen (secondary N) is 1. The Labute approximate surface area is 216 Å². The Morgan fingerprint density at radius 3 is 2.43 bits per heavy atom. The Bertz CT molecular complexity index is 1340. The van der Waals surface area contributed by atoms with Gasteiger partial charge in [-0.2, -0.15) is 0 Å². The summed E-state index contributed by atoms with van der Waals surface area (Å²) in [6.45, 7) is 0.619. The maximum atomic E-state index is 13.3. The van der Waals surface area contributed by atoms with E-state index in [0.29, 0.717) is 34.5 Å². The van der Waals surface area contributed by atoms with Gasteiger partial charge in [0.05, 0.1) is 18.2 Å². The van der Waals surface area contributed by atoms with Gasteiger partial charge in [-0.25, -0.2) is 15.3 Å². The minimum absolute atomic E-state index is 0.318. The zero-order chi connectivity index (χ0) is 24.2. The zero-order valence-corrected chi connectivity index (χ0v) is 21.3. The minimum Gasteiger partial charge on any atom is -0.494 e. The molecule has 178 valence electrons. The summed E-state index contributed by atoms with van der Waals surface area (Å²) in [5.74, 6) is -0.0774. The smallest absolute Gasteiger partial charge is 0.279 e. The predicted octanol–water partition coefficient (Wildman–Crippen LogP) is 5.77. The largest absolute Gasteiger partial charge is 0.494 e. The highest BCUT2D eigenvalue weighted by atomic mass is 127. The fraction of sp³-hybridized carbons (Fsp3) is 0.222. The third-order valence-corrected chi connectivity index (χ3v) is 6.65. The molecule has 2 aromatic heterocycles. The van der Waals surface area contributed by atoms with Crippen molar-refractivity contribution in [3.63, 3.8) is 0 Å². The first kappa shape index (κ1) is 23.7. The normalized spacial score (nSPS) is 15.7. The van der Waals surface area contributed by atoms with Crippen molar-refractivity contribution in [1.82, 2.24) is 15.4 Å². The van der Waals surface area contributed by atoms with Gasteiger partial charge >= 0.3 is 0 Å². The van der Waals surface area contributed by atoms with Crippen LogP contribution in [0, 0.1) is 3.57 Å². The molecule has 0 spiro atoms. The maximum Gasteiger partial charge on any atom is 0.279 e. The molecule has 7 nitrogen and oxygen atoms in total. The first-order valence-corrected chi connectivity index (χ1v) is 12.5. The van der Waals surface area contributed by atoms with Crippen LogP contribution in [0.1, 0.15) is 29.6 Å². The number of ether oxygens (including phenoxy) is 2. The molecule has 5 rings (SSSR count). The first-order chi connectivity index (χ1) is 17.1. The van der Waals surface area contributed by atoms with E-state index in [1.54, 1.807) is 18.5 Å². The van der Waals surface area contributed by atoms with Gasteiger partial charge in [-0.3, -0.25) is 9.78 Å². The zero-order valence-electron chi connectivity index (χ0n) is 19.2. The van der Waals surface area contributed by atoms with Crippen molar-refractivity contribution >= 4 is 39.4 Å². The molecule has 3 heterocycles. The summed E-state index contributed by atoms with van der Waals surface area (Å²) >= 11 is 2.29. The number of hydrogen-bond donors (Lipinski definition) is 1. The number of pyridine rings is 2. The van der Waals surface area contributed by atoms with Crippen LogP contribution in [-0.2, 0) is 9.57 Å². The molecule has 1 N–H and O–H groups in total. The number of hydrogen-bond acceptors (Lipinski definition) is 6. The highest BCUT2D eigenvalue weighted by Gasteiger charge is 2.24. The number of fused-ring (bicyclic) bond motifs is 1. The minimum atomic E-state index is -0.460. The molecule has 0 saturated carbocycles. The number of nitrogens with zero attached hydrogens (tertiary/aromatic N) is 2. The Morgan fingerprint density at radius 2 is 1.74 bits per heavy atom. The second-order valence-corrected chi connectivity index (χ2v) is 9.44. The van der Waals surface area contributed by atoms with Gasteiger partial charge in [-0.05, 0) is 64.8 Å². The van der Waals surface area contributed by atoms with Crippen LogP contribution in [0.3, 0.4) is 0 Å². The van der Waals surface area contributed by atoms with Crippen LogP contribution in [0.15, 0.2) is 67.0 Å². The summed E-state index contributed by atoms with van der Waals surface area (Å²) in [5.41, 5.74) is 7.12. The van der Waals surface area contributed by atoms with Gasteiger partial charge in [-0.15, -0.1) is 0 Å². The number of carbonyl (C=O) groups excluding carboxylic acids is 1. The molecule has 35 heavy (non-hydrogen) atoms. The lowest BCUT2D eigenvalue weighted by Gasteiger charge is -2.22. The monoisotopic (exact) mass is 581 g/mol. The van der Waals surface area contributed by atoms with Crippen LogP contribution in [0.25, 0.3) is 33.3 Å². The highest BCUT2D eigenvalue weighted by molar-refractivity contribution is 14.1. The molecule has 1 amide bonds. The topological polar surface area (TPSA) is 82.6 Å². The van der Waals surface area contributed by atoms with Crippen LogP contribution < -0.4 is 10.2 Å². The summed E-state index contributed by atoms with van der Waals surface area (Å²) in [6, 6.07) is 18.2. The molecule has 4 aromatic rings. The Kier molecular flexibility index (Phi) is 7.21. The van der Waals surface area contributed by atoms with Crippen molar-refractivity contribution < 1.29 is 19.1 Å². The lowest BCUT2D eigenvalue weighted by Crippen LogP contribution is -2.33. The van der Waals surface area contributed by atoms with Crippen molar-refractivity contribution in [1.29, 1.82) is 0 Å². The van der Waals surface area contributed by atoms with Gasteiger partial charge in [0.25, 0.3) is 5.91 Å². The molecular weight excluding hydrogens is 557 g/mol. The van der Waals surface area contributed by atoms with Gasteiger partial charge in [-0.1, -0.05) is 36.4 Å². The molecule has 1 atom stereocenters. The van der Waals surface area contributed by atoms with Crippen LogP contribution in [-0.4, -0.2) is 35.9 Å². The quantitative estimate of drug-likeness (QED) is 0.230. The van der Waals surface area contributed by atoms with Crippen molar-refractivity contribution in [2.24, 2.45) is 0 Å². The Hall–Kier alpha value is -3.08. The summed E-state index contributed by atoms with van der Waals surface area (Å²) in [7, 11) is 1.53. The lowest BCUT2D eigenvalue weighted by molar-refractivity contribution is -0.186. The predicted molar refractivity (Wildman–Crippen MR) is 142 cm³/mol. The van der Waals surface area contributed by atoms with Crippen molar-refractivity contribution in [2.75, 3.05) is 13.7 Å². The molecule has 2 aromatic carbocycles. The van der Waals surface area contributed by atoms with Gasteiger partial charge in [0.1, 0.15) is 5.69 Å². The molecule has 1 saturated heterocycles. The number of halogens is 1. The molecule has 1 fully saturated rings. The number of amides is 1.